The Morgan fingerprint density at radius 2 is 2.00 bits per heavy atom. The normalized spacial score (nSPS) is 10.5. The van der Waals surface area contributed by atoms with E-state index >= 15 is 0 Å². The molecule has 9 heteroatoms. The molecular weight excluding hydrogens is 347 g/mol. The van der Waals surface area contributed by atoms with Gasteiger partial charge in [-0.25, -0.2) is 4.39 Å². The molecule has 0 aliphatic heterocycles. The van der Waals surface area contributed by atoms with Crippen molar-refractivity contribution < 1.29 is 18.5 Å². The summed E-state index contributed by atoms with van der Waals surface area (Å²) in [6.07, 6.45) is 0.667. The molecule has 0 aliphatic rings. The van der Waals surface area contributed by atoms with Gasteiger partial charge >= 0.3 is 0 Å². The molecule has 2 aromatic rings. The van der Waals surface area contributed by atoms with Gasteiger partial charge in [0.1, 0.15) is 5.82 Å². The van der Waals surface area contributed by atoms with E-state index in [1.165, 1.54) is 40.9 Å². The number of nitrogens with one attached hydrogen (secondary N) is 1. The van der Waals surface area contributed by atoms with Crippen molar-refractivity contribution in [2.24, 2.45) is 0 Å². The molecule has 0 atom stereocenters. The van der Waals surface area contributed by atoms with Gasteiger partial charge in [0, 0.05) is 19.2 Å². The number of hydrogen-bond donors (Lipinski definition) is 1. The van der Waals surface area contributed by atoms with Gasteiger partial charge in [-0.1, -0.05) is 12.1 Å². The molecule has 2 amide bonds. The lowest BCUT2D eigenvalue weighted by atomic mass is 10.3. The van der Waals surface area contributed by atoms with E-state index in [2.05, 4.69) is 15.5 Å². The number of rotatable bonds is 8. The van der Waals surface area contributed by atoms with E-state index < -0.39 is 0 Å². The second-order valence-corrected chi connectivity index (χ2v) is 6.24. The summed E-state index contributed by atoms with van der Waals surface area (Å²) in [7, 11) is 1.64. The van der Waals surface area contributed by atoms with Gasteiger partial charge in [-0.2, -0.15) is 4.98 Å². The van der Waals surface area contributed by atoms with Crippen LogP contribution in [0.15, 0.2) is 28.8 Å². The third-order valence-corrected chi connectivity index (χ3v) is 4.13. The minimum absolute atomic E-state index is 0.123. The first kappa shape index (κ1) is 18.9. The Labute approximate surface area is 149 Å². The quantitative estimate of drug-likeness (QED) is 0.770. The molecule has 25 heavy (non-hydrogen) atoms. The van der Waals surface area contributed by atoms with E-state index in [1.54, 1.807) is 7.05 Å². The number of aromatic nitrogens is 2. The monoisotopic (exact) mass is 366 g/mol. The van der Waals surface area contributed by atoms with Crippen molar-refractivity contribution in [3.8, 4) is 0 Å². The molecule has 134 valence electrons. The van der Waals surface area contributed by atoms with Gasteiger partial charge in [-0.15, -0.1) is 11.8 Å². The number of hydrogen-bond acceptors (Lipinski definition) is 6. The van der Waals surface area contributed by atoms with E-state index in [4.69, 9.17) is 4.52 Å². The molecule has 1 heterocycles. The topological polar surface area (TPSA) is 88.3 Å². The molecule has 0 fully saturated rings. The van der Waals surface area contributed by atoms with Gasteiger partial charge < -0.3 is 14.7 Å². The first-order valence-electron chi connectivity index (χ1n) is 7.66. The zero-order valence-electron chi connectivity index (χ0n) is 14.0. The van der Waals surface area contributed by atoms with Crippen LogP contribution in [0.4, 0.5) is 10.1 Å². The number of thioether (sulfide) groups is 1. The van der Waals surface area contributed by atoms with E-state index in [0.717, 1.165) is 0 Å². The average Bonchev–Trinajstić information content (AvgIpc) is 3.04. The van der Waals surface area contributed by atoms with Crippen LogP contribution in [0.1, 0.15) is 18.6 Å². The maximum absolute atomic E-state index is 12.8. The predicted octanol–water partition coefficient (Wildman–Crippen LogP) is 2.10. The number of nitrogens with zero attached hydrogens (tertiary/aromatic N) is 3. The first-order chi connectivity index (χ1) is 12.0. The maximum atomic E-state index is 12.8. The van der Waals surface area contributed by atoms with Crippen LogP contribution in [0, 0.1) is 5.82 Å². The Kier molecular flexibility index (Phi) is 6.93. The minimum atomic E-state index is -0.367. The van der Waals surface area contributed by atoms with Gasteiger partial charge in [0.2, 0.25) is 17.7 Å². The van der Waals surface area contributed by atoms with E-state index in [0.29, 0.717) is 23.8 Å². The predicted molar refractivity (Wildman–Crippen MR) is 92.5 cm³/mol. The van der Waals surface area contributed by atoms with Crippen LogP contribution in [0.3, 0.4) is 0 Å². The fourth-order valence-corrected chi connectivity index (χ4v) is 2.62. The molecule has 0 saturated carbocycles. The summed E-state index contributed by atoms with van der Waals surface area (Å²) in [5.41, 5.74) is 0.513. The number of carbonyl (C=O) groups is 2. The molecule has 7 nitrogen and oxygen atoms in total. The Hall–Kier alpha value is -2.42. The fourth-order valence-electron chi connectivity index (χ4n) is 1.86. The van der Waals surface area contributed by atoms with Crippen molar-refractivity contribution in [3.63, 3.8) is 0 Å². The molecule has 0 bridgehead atoms. The molecule has 2 rings (SSSR count). The van der Waals surface area contributed by atoms with Crippen molar-refractivity contribution in [3.05, 3.63) is 41.8 Å². The summed E-state index contributed by atoms with van der Waals surface area (Å²) in [5.74, 6) is 0.495. The summed E-state index contributed by atoms with van der Waals surface area (Å²) in [6.45, 7) is 2.14. The lowest BCUT2D eigenvalue weighted by Gasteiger charge is -2.14. The smallest absolute Gasteiger partial charge is 0.246 e. The highest BCUT2D eigenvalue weighted by atomic mass is 32.2. The highest BCUT2D eigenvalue weighted by Crippen LogP contribution is 2.10. The van der Waals surface area contributed by atoms with Crippen LogP contribution in [0.25, 0.3) is 0 Å². The van der Waals surface area contributed by atoms with Gasteiger partial charge in [-0.3, -0.25) is 9.59 Å². The number of amides is 2. The Morgan fingerprint density at radius 1 is 1.28 bits per heavy atom. The molecule has 0 saturated heterocycles. The standard InChI is InChI=1S/C16H19FN4O3S/c1-3-13-19-15(24-20-13)8-21(2)16(23)10-25-9-14(22)18-12-6-4-11(17)5-7-12/h4-7H,3,8-10H2,1-2H3,(H,18,22). The summed E-state index contributed by atoms with van der Waals surface area (Å²) < 4.78 is 17.8. The van der Waals surface area contributed by atoms with Gasteiger partial charge in [0.25, 0.3) is 0 Å². The third-order valence-electron chi connectivity index (χ3n) is 3.21. The Morgan fingerprint density at radius 3 is 2.64 bits per heavy atom. The summed E-state index contributed by atoms with van der Waals surface area (Å²) in [6, 6.07) is 5.49. The number of halogens is 1. The fraction of sp³-hybridized carbons (Fsp3) is 0.375. The third kappa shape index (κ3) is 6.18. The van der Waals surface area contributed by atoms with Crippen LogP contribution in [0.2, 0.25) is 0 Å². The largest absolute Gasteiger partial charge is 0.337 e. The molecule has 0 unspecified atom stereocenters. The zero-order valence-corrected chi connectivity index (χ0v) is 14.8. The van der Waals surface area contributed by atoms with Crippen LogP contribution in [-0.2, 0) is 22.6 Å². The van der Waals surface area contributed by atoms with E-state index in [1.807, 2.05) is 6.92 Å². The van der Waals surface area contributed by atoms with Crippen molar-refractivity contribution in [2.45, 2.75) is 19.9 Å². The highest BCUT2D eigenvalue weighted by Gasteiger charge is 2.14. The number of aryl methyl sites for hydroxylation is 1. The molecule has 1 aromatic carbocycles. The molecular formula is C16H19FN4O3S. The second-order valence-electron chi connectivity index (χ2n) is 5.26. The molecule has 0 spiro atoms. The Balaban J connectivity index is 1.70. The van der Waals surface area contributed by atoms with Crippen LogP contribution in [-0.4, -0.2) is 45.4 Å². The van der Waals surface area contributed by atoms with Gasteiger partial charge in [-0.05, 0) is 24.3 Å². The average molecular weight is 366 g/mol. The molecule has 1 aromatic heterocycles. The second kappa shape index (κ2) is 9.16. The van der Waals surface area contributed by atoms with Crippen molar-refractivity contribution in [2.75, 3.05) is 23.9 Å². The minimum Gasteiger partial charge on any atom is -0.337 e. The van der Waals surface area contributed by atoms with Gasteiger partial charge in [0.05, 0.1) is 18.1 Å². The summed E-state index contributed by atoms with van der Waals surface area (Å²) in [4.78, 5) is 29.4. The molecule has 1 N–H and O–H groups in total. The zero-order chi connectivity index (χ0) is 18.2. The maximum Gasteiger partial charge on any atom is 0.246 e. The highest BCUT2D eigenvalue weighted by molar-refractivity contribution is 8.00. The van der Waals surface area contributed by atoms with E-state index in [-0.39, 0.29) is 35.7 Å². The number of anilines is 1. The Bertz CT molecular complexity index is 720. The summed E-state index contributed by atoms with van der Waals surface area (Å²) >= 11 is 1.20. The van der Waals surface area contributed by atoms with Crippen LogP contribution < -0.4 is 5.32 Å². The molecule has 0 aliphatic carbocycles. The lowest BCUT2D eigenvalue weighted by molar-refractivity contribution is -0.127. The number of benzene rings is 1. The number of carbonyl (C=O) groups excluding carboxylic acids is 2. The lowest BCUT2D eigenvalue weighted by Crippen LogP contribution is -2.28. The van der Waals surface area contributed by atoms with Crippen molar-refractivity contribution >= 4 is 29.3 Å². The van der Waals surface area contributed by atoms with Gasteiger partial charge in [0.15, 0.2) is 5.82 Å². The van der Waals surface area contributed by atoms with E-state index in [9.17, 15) is 14.0 Å². The van der Waals surface area contributed by atoms with Crippen molar-refractivity contribution in [1.82, 2.24) is 15.0 Å². The van der Waals surface area contributed by atoms with Crippen LogP contribution >= 0.6 is 11.8 Å². The first-order valence-corrected chi connectivity index (χ1v) is 8.82. The van der Waals surface area contributed by atoms with Crippen molar-refractivity contribution in [1.29, 1.82) is 0 Å². The SMILES string of the molecule is CCc1noc(CN(C)C(=O)CSCC(=O)Nc2ccc(F)cc2)n1. The molecule has 0 radical (unpaired) electrons. The van der Waals surface area contributed by atoms with Crippen LogP contribution in [0.5, 0.6) is 0 Å². The summed E-state index contributed by atoms with van der Waals surface area (Å²) in [5, 5.41) is 6.41.